The molecule has 0 bridgehead atoms. The molecule has 0 saturated carbocycles. The Bertz CT molecular complexity index is 511. The predicted octanol–water partition coefficient (Wildman–Crippen LogP) is 2.17. The van der Waals surface area contributed by atoms with Crippen LogP contribution in [0.3, 0.4) is 0 Å². The van der Waals surface area contributed by atoms with E-state index in [0.717, 1.165) is 16.5 Å². The second-order valence-electron chi connectivity index (χ2n) is 2.84. The van der Waals surface area contributed by atoms with Gasteiger partial charge in [0.2, 0.25) is 5.56 Å². The van der Waals surface area contributed by atoms with Crippen LogP contribution in [-0.2, 0) is 0 Å². The standard InChI is InChI=1S/C11H9NO/c1-2-8-7-11(13)12-10-6-4-3-5-9(8)10/h2-7H,1H2,(H,12,13). The monoisotopic (exact) mass is 171 g/mol. The number of hydrogen-bond donors (Lipinski definition) is 1. The fourth-order valence-corrected chi connectivity index (χ4v) is 1.40. The molecule has 1 N–H and O–H groups in total. The van der Waals surface area contributed by atoms with Gasteiger partial charge in [0.1, 0.15) is 0 Å². The molecule has 1 aromatic carbocycles. The second kappa shape index (κ2) is 2.90. The van der Waals surface area contributed by atoms with Gasteiger partial charge in [0.25, 0.3) is 0 Å². The second-order valence-corrected chi connectivity index (χ2v) is 2.84. The van der Waals surface area contributed by atoms with Crippen LogP contribution in [0.2, 0.25) is 0 Å². The Balaban J connectivity index is 2.97. The van der Waals surface area contributed by atoms with Crippen LogP contribution in [0.1, 0.15) is 5.56 Å². The topological polar surface area (TPSA) is 32.9 Å². The molecular weight excluding hydrogens is 162 g/mol. The number of pyridine rings is 1. The van der Waals surface area contributed by atoms with E-state index in [9.17, 15) is 4.79 Å². The molecule has 0 atom stereocenters. The Morgan fingerprint density at radius 1 is 1.31 bits per heavy atom. The lowest BCUT2D eigenvalue weighted by molar-refractivity contribution is 1.30. The van der Waals surface area contributed by atoms with Crippen molar-refractivity contribution in [2.24, 2.45) is 0 Å². The van der Waals surface area contributed by atoms with E-state index >= 15 is 0 Å². The molecule has 1 aromatic heterocycles. The average Bonchev–Trinajstić information content (AvgIpc) is 2.16. The number of nitrogens with one attached hydrogen (secondary N) is 1. The highest BCUT2D eigenvalue weighted by atomic mass is 16.1. The molecule has 0 fully saturated rings. The van der Waals surface area contributed by atoms with Crippen molar-refractivity contribution < 1.29 is 0 Å². The van der Waals surface area contributed by atoms with Crippen LogP contribution < -0.4 is 5.56 Å². The van der Waals surface area contributed by atoms with Crippen LogP contribution in [0.15, 0.2) is 41.7 Å². The maximum absolute atomic E-state index is 11.2. The Morgan fingerprint density at radius 3 is 2.85 bits per heavy atom. The highest BCUT2D eigenvalue weighted by Crippen LogP contribution is 2.14. The van der Waals surface area contributed by atoms with Crippen molar-refractivity contribution in [2.45, 2.75) is 0 Å². The summed E-state index contributed by atoms with van der Waals surface area (Å²) in [6.45, 7) is 3.67. The van der Waals surface area contributed by atoms with Crippen molar-refractivity contribution in [3.05, 3.63) is 52.8 Å². The molecule has 1 heterocycles. The summed E-state index contributed by atoms with van der Waals surface area (Å²) in [5, 5.41) is 1.03. The third kappa shape index (κ3) is 1.26. The van der Waals surface area contributed by atoms with Gasteiger partial charge >= 0.3 is 0 Å². The van der Waals surface area contributed by atoms with Gasteiger partial charge in [-0.1, -0.05) is 30.9 Å². The number of aromatic amines is 1. The van der Waals surface area contributed by atoms with Crippen molar-refractivity contribution in [3.8, 4) is 0 Å². The van der Waals surface area contributed by atoms with E-state index in [1.165, 1.54) is 0 Å². The van der Waals surface area contributed by atoms with Crippen molar-refractivity contribution in [2.75, 3.05) is 0 Å². The van der Waals surface area contributed by atoms with E-state index in [-0.39, 0.29) is 5.56 Å². The maximum Gasteiger partial charge on any atom is 0.249 e. The molecule has 0 aliphatic rings. The lowest BCUT2D eigenvalue weighted by Crippen LogP contribution is -2.04. The average molecular weight is 171 g/mol. The highest BCUT2D eigenvalue weighted by Gasteiger charge is 1.97. The molecule has 0 radical (unpaired) electrons. The molecule has 2 rings (SSSR count). The SMILES string of the molecule is C=Cc1cc(=O)[nH]c2ccccc12. The number of H-pyrrole nitrogens is 1. The number of fused-ring (bicyclic) bond motifs is 1. The maximum atomic E-state index is 11.2. The normalized spacial score (nSPS) is 10.2. The molecule has 2 nitrogen and oxygen atoms in total. The first kappa shape index (κ1) is 7.80. The summed E-state index contributed by atoms with van der Waals surface area (Å²) < 4.78 is 0. The van der Waals surface area contributed by atoms with Crippen molar-refractivity contribution in [1.82, 2.24) is 4.98 Å². The smallest absolute Gasteiger partial charge is 0.249 e. The number of rotatable bonds is 1. The third-order valence-electron chi connectivity index (χ3n) is 2.00. The van der Waals surface area contributed by atoms with Crippen LogP contribution in [0.4, 0.5) is 0 Å². The van der Waals surface area contributed by atoms with Crippen molar-refractivity contribution >= 4 is 17.0 Å². The lowest BCUT2D eigenvalue weighted by Gasteiger charge is -1.99. The molecule has 0 saturated heterocycles. The first-order valence-electron chi connectivity index (χ1n) is 4.06. The Kier molecular flexibility index (Phi) is 1.74. The minimum Gasteiger partial charge on any atom is -0.322 e. The molecule has 0 aliphatic carbocycles. The number of aromatic nitrogens is 1. The van der Waals surface area contributed by atoms with Gasteiger partial charge in [-0.3, -0.25) is 4.79 Å². The van der Waals surface area contributed by atoms with Gasteiger partial charge in [0, 0.05) is 17.0 Å². The summed E-state index contributed by atoms with van der Waals surface area (Å²) in [4.78, 5) is 13.9. The summed E-state index contributed by atoms with van der Waals surface area (Å²) in [7, 11) is 0. The van der Waals surface area contributed by atoms with E-state index < -0.39 is 0 Å². The van der Waals surface area contributed by atoms with Gasteiger partial charge in [-0.15, -0.1) is 0 Å². The zero-order valence-corrected chi connectivity index (χ0v) is 7.08. The molecule has 0 aliphatic heterocycles. The van der Waals surface area contributed by atoms with Gasteiger partial charge in [-0.25, -0.2) is 0 Å². The summed E-state index contributed by atoms with van der Waals surface area (Å²) in [5.74, 6) is 0. The summed E-state index contributed by atoms with van der Waals surface area (Å²) in [6.07, 6.45) is 1.69. The molecular formula is C11H9NO. The van der Waals surface area contributed by atoms with Gasteiger partial charge in [-0.05, 0) is 11.6 Å². The van der Waals surface area contributed by atoms with Crippen LogP contribution >= 0.6 is 0 Å². The number of benzene rings is 1. The highest BCUT2D eigenvalue weighted by molar-refractivity contribution is 5.87. The van der Waals surface area contributed by atoms with Gasteiger partial charge in [0.05, 0.1) is 0 Å². The van der Waals surface area contributed by atoms with Crippen molar-refractivity contribution in [1.29, 1.82) is 0 Å². The van der Waals surface area contributed by atoms with E-state index in [1.807, 2.05) is 24.3 Å². The first-order valence-corrected chi connectivity index (χ1v) is 4.06. The Hall–Kier alpha value is -1.83. The molecule has 0 amide bonds. The predicted molar refractivity (Wildman–Crippen MR) is 54.7 cm³/mol. The number of hydrogen-bond acceptors (Lipinski definition) is 1. The van der Waals surface area contributed by atoms with E-state index in [2.05, 4.69) is 11.6 Å². The summed E-state index contributed by atoms with van der Waals surface area (Å²) in [6, 6.07) is 9.22. The quantitative estimate of drug-likeness (QED) is 0.700. The van der Waals surface area contributed by atoms with Crippen LogP contribution in [0.25, 0.3) is 17.0 Å². The number of para-hydroxylation sites is 1. The molecule has 2 heteroatoms. The van der Waals surface area contributed by atoms with Crippen LogP contribution in [0.5, 0.6) is 0 Å². The van der Waals surface area contributed by atoms with Gasteiger partial charge in [-0.2, -0.15) is 0 Å². The fraction of sp³-hybridized carbons (Fsp3) is 0. The van der Waals surface area contributed by atoms with E-state index in [1.54, 1.807) is 12.1 Å². The molecule has 13 heavy (non-hydrogen) atoms. The van der Waals surface area contributed by atoms with Crippen LogP contribution in [-0.4, -0.2) is 4.98 Å². The lowest BCUT2D eigenvalue weighted by atomic mass is 10.1. The summed E-state index contributed by atoms with van der Waals surface area (Å²) >= 11 is 0. The van der Waals surface area contributed by atoms with Gasteiger partial charge in [0.15, 0.2) is 0 Å². The third-order valence-corrected chi connectivity index (χ3v) is 2.00. The van der Waals surface area contributed by atoms with Crippen molar-refractivity contribution in [3.63, 3.8) is 0 Å². The Labute approximate surface area is 75.5 Å². The summed E-state index contributed by atoms with van der Waals surface area (Å²) in [5.41, 5.74) is 1.64. The largest absolute Gasteiger partial charge is 0.322 e. The van der Waals surface area contributed by atoms with E-state index in [0.29, 0.717) is 0 Å². The zero-order chi connectivity index (χ0) is 9.26. The molecule has 64 valence electrons. The molecule has 0 unspecified atom stereocenters. The van der Waals surface area contributed by atoms with Gasteiger partial charge < -0.3 is 4.98 Å². The minimum atomic E-state index is -0.0893. The first-order chi connectivity index (χ1) is 6.31. The van der Waals surface area contributed by atoms with E-state index in [4.69, 9.17) is 0 Å². The fourth-order valence-electron chi connectivity index (χ4n) is 1.40. The zero-order valence-electron chi connectivity index (χ0n) is 7.08. The van der Waals surface area contributed by atoms with Crippen LogP contribution in [0, 0.1) is 0 Å². The minimum absolute atomic E-state index is 0.0893. The molecule has 2 aromatic rings. The molecule has 0 spiro atoms. The Morgan fingerprint density at radius 2 is 2.08 bits per heavy atom.